The lowest BCUT2D eigenvalue weighted by atomic mass is 10.0. The van der Waals surface area contributed by atoms with Crippen LogP contribution in [-0.4, -0.2) is 28.4 Å². The molecule has 0 amide bonds. The molecule has 4 heteroatoms. The van der Waals surface area contributed by atoms with Crippen molar-refractivity contribution in [2.24, 2.45) is 0 Å². The molecular weight excluding hydrogens is 280 g/mol. The molecule has 0 radical (unpaired) electrons. The van der Waals surface area contributed by atoms with Gasteiger partial charge in [-0.1, -0.05) is 44.1 Å². The number of rotatable bonds is 14. The third-order valence-electron chi connectivity index (χ3n) is 3.49. The molecule has 0 aliphatic rings. The van der Waals surface area contributed by atoms with Crippen molar-refractivity contribution in [3.8, 4) is 0 Å². The topological polar surface area (TPSA) is 80.6 Å². The van der Waals surface area contributed by atoms with Crippen LogP contribution in [0, 0.1) is 0 Å². The Morgan fingerprint density at radius 2 is 1.82 bits per heavy atom. The SMILES string of the molecule is CCCCC/C=C\C/C=C\[C@H](O)CC[C@@H](O)CCCC(=O)[O-]. The minimum atomic E-state index is -1.09. The van der Waals surface area contributed by atoms with Crippen molar-refractivity contribution in [2.75, 3.05) is 0 Å². The van der Waals surface area contributed by atoms with E-state index in [0.29, 0.717) is 25.7 Å². The summed E-state index contributed by atoms with van der Waals surface area (Å²) in [6, 6.07) is 0. The number of carboxylic acid groups (broad SMARTS) is 1. The lowest BCUT2D eigenvalue weighted by Crippen LogP contribution is -2.22. The molecule has 0 saturated carbocycles. The Bertz CT molecular complexity index is 323. The second-order valence-electron chi connectivity index (χ2n) is 5.69. The molecule has 0 aliphatic heterocycles. The molecule has 0 aromatic heterocycles. The number of aliphatic carboxylic acids is 1. The van der Waals surface area contributed by atoms with Crippen LogP contribution in [-0.2, 0) is 4.79 Å². The Kier molecular flexibility index (Phi) is 14.0. The second kappa shape index (κ2) is 14.8. The fourth-order valence-corrected chi connectivity index (χ4v) is 2.13. The number of carbonyl (C=O) groups is 1. The van der Waals surface area contributed by atoms with Gasteiger partial charge in [0, 0.05) is 5.97 Å². The zero-order chi connectivity index (χ0) is 16.6. The smallest absolute Gasteiger partial charge is 0.0722 e. The Morgan fingerprint density at radius 1 is 1.05 bits per heavy atom. The molecule has 0 rings (SSSR count). The Hall–Kier alpha value is -1.13. The number of aliphatic hydroxyl groups excluding tert-OH is 2. The lowest BCUT2D eigenvalue weighted by molar-refractivity contribution is -0.305. The van der Waals surface area contributed by atoms with Gasteiger partial charge in [0.1, 0.15) is 0 Å². The maximum atomic E-state index is 10.2. The first kappa shape index (κ1) is 20.9. The number of allylic oxidation sites excluding steroid dienone is 3. The molecule has 2 atom stereocenters. The van der Waals surface area contributed by atoms with E-state index >= 15 is 0 Å². The standard InChI is InChI=1S/C18H32O4/c1-2-3-4-5-6-7-8-9-11-16(19)14-15-17(20)12-10-13-18(21)22/h6-7,9,11,16-17,19-20H,2-5,8,10,12-15H2,1H3,(H,21,22)/p-1/b7-6-,11-9-/t16-,17-/m0/s1. The monoisotopic (exact) mass is 311 g/mol. The van der Waals surface area contributed by atoms with E-state index in [0.717, 1.165) is 12.8 Å². The number of carbonyl (C=O) groups excluding carboxylic acids is 1. The first-order valence-corrected chi connectivity index (χ1v) is 8.43. The van der Waals surface area contributed by atoms with Crippen LogP contribution >= 0.6 is 0 Å². The van der Waals surface area contributed by atoms with E-state index in [4.69, 9.17) is 0 Å². The van der Waals surface area contributed by atoms with Gasteiger partial charge >= 0.3 is 0 Å². The Balaban J connectivity index is 3.60. The summed E-state index contributed by atoms with van der Waals surface area (Å²) in [5, 5.41) is 29.7. The van der Waals surface area contributed by atoms with Crippen molar-refractivity contribution in [2.45, 2.75) is 83.3 Å². The van der Waals surface area contributed by atoms with Gasteiger partial charge in [-0.2, -0.15) is 0 Å². The molecule has 2 N–H and O–H groups in total. The molecule has 0 saturated heterocycles. The van der Waals surface area contributed by atoms with Gasteiger partial charge < -0.3 is 20.1 Å². The number of hydrogen-bond acceptors (Lipinski definition) is 4. The predicted octanol–water partition coefficient (Wildman–Crippen LogP) is 2.49. The zero-order valence-corrected chi connectivity index (χ0v) is 13.7. The van der Waals surface area contributed by atoms with Crippen LogP contribution < -0.4 is 5.11 Å². The minimum absolute atomic E-state index is 0.0237. The third kappa shape index (κ3) is 15.3. The third-order valence-corrected chi connectivity index (χ3v) is 3.49. The largest absolute Gasteiger partial charge is 0.550 e. The van der Waals surface area contributed by atoms with E-state index in [1.54, 1.807) is 6.08 Å². The van der Waals surface area contributed by atoms with Crippen LogP contribution in [0.25, 0.3) is 0 Å². The normalized spacial score (nSPS) is 14.7. The van der Waals surface area contributed by atoms with Crippen LogP contribution in [0.2, 0.25) is 0 Å². The van der Waals surface area contributed by atoms with Crippen molar-refractivity contribution in [3.05, 3.63) is 24.3 Å². The van der Waals surface area contributed by atoms with Crippen molar-refractivity contribution >= 4 is 5.97 Å². The second-order valence-corrected chi connectivity index (χ2v) is 5.69. The summed E-state index contributed by atoms with van der Waals surface area (Å²) in [4.78, 5) is 10.2. The summed E-state index contributed by atoms with van der Waals surface area (Å²) < 4.78 is 0. The molecule has 0 aliphatic carbocycles. The molecule has 22 heavy (non-hydrogen) atoms. The molecule has 128 valence electrons. The van der Waals surface area contributed by atoms with E-state index in [2.05, 4.69) is 19.1 Å². The fraction of sp³-hybridized carbons (Fsp3) is 0.722. The zero-order valence-electron chi connectivity index (χ0n) is 13.7. The molecule has 0 fully saturated rings. The summed E-state index contributed by atoms with van der Waals surface area (Å²) in [6.45, 7) is 2.19. The van der Waals surface area contributed by atoms with Crippen LogP contribution in [0.15, 0.2) is 24.3 Å². The first-order valence-electron chi connectivity index (χ1n) is 8.43. The summed E-state index contributed by atoms with van der Waals surface area (Å²) in [7, 11) is 0. The maximum absolute atomic E-state index is 10.2. The highest BCUT2D eigenvalue weighted by Crippen LogP contribution is 2.09. The van der Waals surface area contributed by atoms with Gasteiger partial charge in [0.25, 0.3) is 0 Å². The molecule has 0 spiro atoms. The highest BCUT2D eigenvalue weighted by molar-refractivity contribution is 5.64. The Labute approximate surface area is 134 Å². The summed E-state index contributed by atoms with van der Waals surface area (Å²) in [6.07, 6.45) is 14.3. The Morgan fingerprint density at radius 3 is 2.50 bits per heavy atom. The van der Waals surface area contributed by atoms with Crippen molar-refractivity contribution < 1.29 is 20.1 Å². The highest BCUT2D eigenvalue weighted by Gasteiger charge is 2.07. The first-order chi connectivity index (χ1) is 10.6. The molecule has 0 bridgehead atoms. The van der Waals surface area contributed by atoms with Crippen molar-refractivity contribution in [1.29, 1.82) is 0 Å². The van der Waals surface area contributed by atoms with E-state index in [1.807, 2.05) is 6.08 Å². The van der Waals surface area contributed by atoms with Crippen molar-refractivity contribution in [1.82, 2.24) is 0 Å². The van der Waals surface area contributed by atoms with Gasteiger partial charge in [0.15, 0.2) is 0 Å². The van der Waals surface area contributed by atoms with E-state index in [9.17, 15) is 20.1 Å². The average Bonchev–Trinajstić information content (AvgIpc) is 2.47. The van der Waals surface area contributed by atoms with Gasteiger partial charge in [-0.25, -0.2) is 0 Å². The summed E-state index contributed by atoms with van der Waals surface area (Å²) in [5.74, 6) is -1.09. The molecule has 0 unspecified atom stereocenters. The molecular formula is C18H31O4-. The summed E-state index contributed by atoms with van der Waals surface area (Å²) in [5.41, 5.74) is 0. The number of aliphatic hydroxyl groups is 2. The van der Waals surface area contributed by atoms with Crippen LogP contribution in [0.1, 0.15) is 71.1 Å². The number of hydrogen-bond donors (Lipinski definition) is 2. The molecule has 0 aromatic rings. The molecule has 4 nitrogen and oxygen atoms in total. The average molecular weight is 311 g/mol. The van der Waals surface area contributed by atoms with E-state index < -0.39 is 18.2 Å². The van der Waals surface area contributed by atoms with Crippen LogP contribution in [0.3, 0.4) is 0 Å². The molecule has 0 aromatic carbocycles. The van der Waals surface area contributed by atoms with Gasteiger partial charge in [0.2, 0.25) is 0 Å². The number of unbranched alkanes of at least 4 members (excludes halogenated alkanes) is 3. The van der Waals surface area contributed by atoms with Crippen molar-refractivity contribution in [3.63, 3.8) is 0 Å². The minimum Gasteiger partial charge on any atom is -0.550 e. The fourth-order valence-electron chi connectivity index (χ4n) is 2.13. The quantitative estimate of drug-likeness (QED) is 0.381. The maximum Gasteiger partial charge on any atom is 0.0722 e. The van der Waals surface area contributed by atoms with Gasteiger partial charge in [-0.05, 0) is 51.4 Å². The number of carboxylic acids is 1. The van der Waals surface area contributed by atoms with E-state index in [1.165, 1.54) is 19.3 Å². The van der Waals surface area contributed by atoms with Crippen LogP contribution in [0.5, 0.6) is 0 Å². The van der Waals surface area contributed by atoms with Gasteiger partial charge in [-0.3, -0.25) is 0 Å². The van der Waals surface area contributed by atoms with E-state index in [-0.39, 0.29) is 6.42 Å². The van der Waals surface area contributed by atoms with Gasteiger partial charge in [-0.15, -0.1) is 0 Å². The molecule has 0 heterocycles. The van der Waals surface area contributed by atoms with Gasteiger partial charge in [0.05, 0.1) is 12.2 Å². The lowest BCUT2D eigenvalue weighted by Gasteiger charge is -2.12. The highest BCUT2D eigenvalue weighted by atomic mass is 16.4. The predicted molar refractivity (Wildman–Crippen MR) is 87.1 cm³/mol. The van der Waals surface area contributed by atoms with Crippen LogP contribution in [0.4, 0.5) is 0 Å². The summed E-state index contributed by atoms with van der Waals surface area (Å²) >= 11 is 0.